The molecule has 0 spiro atoms. The summed E-state index contributed by atoms with van der Waals surface area (Å²) < 4.78 is 2.73. The maximum atomic E-state index is 12.8. The van der Waals surface area contributed by atoms with Gasteiger partial charge < -0.3 is 5.32 Å². The Balaban J connectivity index is 2.08. The third-order valence-corrected chi connectivity index (χ3v) is 4.64. The molecule has 0 bridgehead atoms. The highest BCUT2D eigenvalue weighted by atomic mass is 16.2. The topological polar surface area (TPSA) is 73.1 Å². The summed E-state index contributed by atoms with van der Waals surface area (Å²) in [5.74, 6) is -0.281. The summed E-state index contributed by atoms with van der Waals surface area (Å²) in [6.45, 7) is 3.99. The van der Waals surface area contributed by atoms with Crippen LogP contribution in [0.25, 0.3) is 11.0 Å². The molecule has 2 aromatic carbocycles. The summed E-state index contributed by atoms with van der Waals surface area (Å²) in [6.07, 6.45) is 0.792. The standard InChI is InChI=1S/C21H23N3O3/c1-3-15(2)22-19(25)14-24-18-12-8-7-11-17(18)23(20(26)21(24)27)13-16-9-5-4-6-10-16/h4-12,15H,3,13-14H2,1-2H3,(H,22,25). The Morgan fingerprint density at radius 3 is 2.11 bits per heavy atom. The molecule has 0 radical (unpaired) electrons. The van der Waals surface area contributed by atoms with Gasteiger partial charge in [0.05, 0.1) is 17.6 Å². The summed E-state index contributed by atoms with van der Waals surface area (Å²) >= 11 is 0. The fourth-order valence-electron chi connectivity index (χ4n) is 3.02. The largest absolute Gasteiger partial charge is 0.352 e. The second-order valence-corrected chi connectivity index (χ2v) is 6.63. The van der Waals surface area contributed by atoms with Gasteiger partial charge in [-0.15, -0.1) is 0 Å². The van der Waals surface area contributed by atoms with Gasteiger partial charge in [-0.1, -0.05) is 49.4 Å². The molecule has 6 heteroatoms. The van der Waals surface area contributed by atoms with Crippen molar-refractivity contribution in [2.24, 2.45) is 0 Å². The lowest BCUT2D eigenvalue weighted by Gasteiger charge is -2.16. The molecule has 0 aliphatic carbocycles. The van der Waals surface area contributed by atoms with E-state index in [-0.39, 0.29) is 18.5 Å². The van der Waals surface area contributed by atoms with Gasteiger partial charge in [-0.3, -0.25) is 23.5 Å². The van der Waals surface area contributed by atoms with Crippen LogP contribution in [-0.2, 0) is 17.9 Å². The van der Waals surface area contributed by atoms with Crippen LogP contribution in [0.5, 0.6) is 0 Å². The minimum absolute atomic E-state index is 0.0120. The molecule has 1 heterocycles. The number of hydrogen-bond donors (Lipinski definition) is 1. The number of nitrogens with one attached hydrogen (secondary N) is 1. The predicted molar refractivity (Wildman–Crippen MR) is 106 cm³/mol. The van der Waals surface area contributed by atoms with Crippen molar-refractivity contribution in [1.82, 2.24) is 14.5 Å². The Kier molecular flexibility index (Phi) is 5.54. The van der Waals surface area contributed by atoms with E-state index in [1.54, 1.807) is 18.2 Å². The zero-order valence-electron chi connectivity index (χ0n) is 15.5. The normalized spacial score (nSPS) is 12.1. The van der Waals surface area contributed by atoms with Crippen molar-refractivity contribution in [3.8, 4) is 0 Å². The first-order valence-electron chi connectivity index (χ1n) is 9.07. The molecular formula is C21H23N3O3. The third kappa shape index (κ3) is 4.00. The van der Waals surface area contributed by atoms with Crippen molar-refractivity contribution in [2.75, 3.05) is 0 Å². The zero-order valence-corrected chi connectivity index (χ0v) is 15.5. The fraction of sp³-hybridized carbons (Fsp3) is 0.286. The molecule has 1 N–H and O–H groups in total. The van der Waals surface area contributed by atoms with E-state index >= 15 is 0 Å². The van der Waals surface area contributed by atoms with Gasteiger partial charge in [-0.25, -0.2) is 0 Å². The van der Waals surface area contributed by atoms with E-state index in [1.165, 1.54) is 9.13 Å². The van der Waals surface area contributed by atoms with Crippen LogP contribution in [-0.4, -0.2) is 21.1 Å². The van der Waals surface area contributed by atoms with Crippen molar-refractivity contribution in [3.63, 3.8) is 0 Å². The predicted octanol–water partition coefficient (Wildman–Crippen LogP) is 2.13. The van der Waals surface area contributed by atoms with Crippen LogP contribution in [0.15, 0.2) is 64.2 Å². The van der Waals surface area contributed by atoms with Crippen LogP contribution < -0.4 is 16.4 Å². The number of fused-ring (bicyclic) bond motifs is 1. The molecule has 0 fully saturated rings. The van der Waals surface area contributed by atoms with Crippen LogP contribution in [0.4, 0.5) is 0 Å². The summed E-state index contributed by atoms with van der Waals surface area (Å²) in [5, 5.41) is 2.84. The van der Waals surface area contributed by atoms with E-state index in [0.717, 1.165) is 12.0 Å². The number of rotatable bonds is 6. The highest BCUT2D eigenvalue weighted by Crippen LogP contribution is 2.12. The highest BCUT2D eigenvalue weighted by molar-refractivity contribution is 5.80. The molecule has 1 unspecified atom stereocenters. The van der Waals surface area contributed by atoms with Gasteiger partial charge in [0.1, 0.15) is 6.54 Å². The molecule has 1 amide bonds. The minimum atomic E-state index is -0.691. The second-order valence-electron chi connectivity index (χ2n) is 6.63. The fourth-order valence-corrected chi connectivity index (χ4v) is 3.02. The molecule has 3 aromatic rings. The van der Waals surface area contributed by atoms with E-state index in [0.29, 0.717) is 17.6 Å². The van der Waals surface area contributed by atoms with Crippen molar-refractivity contribution < 1.29 is 4.79 Å². The van der Waals surface area contributed by atoms with E-state index in [2.05, 4.69) is 5.32 Å². The lowest BCUT2D eigenvalue weighted by molar-refractivity contribution is -0.122. The SMILES string of the molecule is CCC(C)NC(=O)Cn1c(=O)c(=O)n(Cc2ccccc2)c2ccccc21. The number of carbonyl (C=O) groups is 1. The van der Waals surface area contributed by atoms with Gasteiger partial charge in [0, 0.05) is 6.04 Å². The Morgan fingerprint density at radius 1 is 0.926 bits per heavy atom. The van der Waals surface area contributed by atoms with Crippen LogP contribution >= 0.6 is 0 Å². The number of aromatic nitrogens is 2. The van der Waals surface area contributed by atoms with Gasteiger partial charge >= 0.3 is 11.1 Å². The number of hydrogen-bond acceptors (Lipinski definition) is 3. The maximum absolute atomic E-state index is 12.8. The summed E-state index contributed by atoms with van der Waals surface area (Å²) in [6, 6.07) is 16.7. The Bertz CT molecular complexity index is 1070. The summed E-state index contributed by atoms with van der Waals surface area (Å²) in [5.41, 5.74) is 0.800. The van der Waals surface area contributed by atoms with Gasteiger partial charge in [0.25, 0.3) is 0 Å². The highest BCUT2D eigenvalue weighted by Gasteiger charge is 2.16. The maximum Gasteiger partial charge on any atom is 0.317 e. The number of para-hydroxylation sites is 2. The monoisotopic (exact) mass is 365 g/mol. The second kappa shape index (κ2) is 8.03. The third-order valence-electron chi connectivity index (χ3n) is 4.64. The van der Waals surface area contributed by atoms with Crippen LogP contribution in [0.1, 0.15) is 25.8 Å². The molecular weight excluding hydrogens is 342 g/mol. The summed E-state index contributed by atoms with van der Waals surface area (Å²) in [7, 11) is 0. The molecule has 0 saturated carbocycles. The van der Waals surface area contributed by atoms with Gasteiger partial charge in [0.2, 0.25) is 5.91 Å². The van der Waals surface area contributed by atoms with E-state index < -0.39 is 11.1 Å². The Labute approximate surface area is 157 Å². The van der Waals surface area contributed by atoms with Crippen LogP contribution in [0, 0.1) is 0 Å². The van der Waals surface area contributed by atoms with E-state index in [4.69, 9.17) is 0 Å². The first-order valence-corrected chi connectivity index (χ1v) is 9.07. The molecule has 140 valence electrons. The van der Waals surface area contributed by atoms with Gasteiger partial charge in [0.15, 0.2) is 0 Å². The average Bonchev–Trinajstić information content (AvgIpc) is 2.69. The summed E-state index contributed by atoms with van der Waals surface area (Å²) in [4.78, 5) is 37.8. The molecule has 0 aliphatic rings. The molecule has 1 aromatic heterocycles. The molecule has 0 aliphatic heterocycles. The first-order chi connectivity index (χ1) is 13.0. The number of carbonyl (C=O) groups excluding carboxylic acids is 1. The quantitative estimate of drug-likeness (QED) is 0.680. The van der Waals surface area contributed by atoms with Gasteiger partial charge in [-0.05, 0) is 31.0 Å². The number of benzene rings is 2. The number of amides is 1. The zero-order chi connectivity index (χ0) is 19.4. The van der Waals surface area contributed by atoms with E-state index in [1.807, 2.05) is 50.2 Å². The van der Waals surface area contributed by atoms with E-state index in [9.17, 15) is 14.4 Å². The smallest absolute Gasteiger partial charge is 0.317 e. The molecule has 1 atom stereocenters. The minimum Gasteiger partial charge on any atom is -0.352 e. The van der Waals surface area contributed by atoms with Crippen molar-refractivity contribution >= 4 is 16.9 Å². The van der Waals surface area contributed by atoms with Crippen LogP contribution in [0.3, 0.4) is 0 Å². The Morgan fingerprint density at radius 2 is 1.48 bits per heavy atom. The lowest BCUT2D eigenvalue weighted by Crippen LogP contribution is -2.45. The first kappa shape index (κ1) is 18.6. The number of nitrogens with zero attached hydrogens (tertiary/aromatic N) is 2. The van der Waals surface area contributed by atoms with Crippen molar-refractivity contribution in [3.05, 3.63) is 80.9 Å². The van der Waals surface area contributed by atoms with Gasteiger partial charge in [-0.2, -0.15) is 0 Å². The van der Waals surface area contributed by atoms with Crippen molar-refractivity contribution in [2.45, 2.75) is 39.4 Å². The van der Waals surface area contributed by atoms with Crippen LogP contribution in [0.2, 0.25) is 0 Å². The molecule has 6 nitrogen and oxygen atoms in total. The molecule has 0 saturated heterocycles. The van der Waals surface area contributed by atoms with Crippen molar-refractivity contribution in [1.29, 1.82) is 0 Å². The Hall–Kier alpha value is -3.15. The molecule has 3 rings (SSSR count). The molecule has 27 heavy (non-hydrogen) atoms. The lowest BCUT2D eigenvalue weighted by atomic mass is 10.2. The average molecular weight is 365 g/mol.